The maximum Gasteiger partial charge on any atom is 0.137 e. The molecular formula is C15H21N5. The van der Waals surface area contributed by atoms with Gasteiger partial charge in [-0.2, -0.15) is 5.10 Å². The van der Waals surface area contributed by atoms with Crippen LogP contribution in [-0.4, -0.2) is 33.9 Å². The van der Waals surface area contributed by atoms with Crippen LogP contribution in [0.15, 0.2) is 36.9 Å². The molecule has 1 unspecified atom stereocenters. The molecule has 1 aliphatic heterocycles. The largest absolute Gasteiger partial charge is 0.382 e. The first-order chi connectivity index (χ1) is 9.90. The summed E-state index contributed by atoms with van der Waals surface area (Å²) in [7, 11) is 0. The van der Waals surface area contributed by atoms with Crippen LogP contribution in [-0.2, 0) is 6.54 Å². The van der Waals surface area contributed by atoms with Gasteiger partial charge in [-0.3, -0.25) is 0 Å². The van der Waals surface area contributed by atoms with Crippen LogP contribution in [0.4, 0.5) is 5.69 Å². The first-order valence-electron chi connectivity index (χ1n) is 7.29. The highest BCUT2D eigenvalue weighted by Crippen LogP contribution is 2.16. The molecule has 0 radical (unpaired) electrons. The lowest BCUT2D eigenvalue weighted by molar-refractivity contribution is 0.637. The van der Waals surface area contributed by atoms with Crippen molar-refractivity contribution in [2.24, 2.45) is 0 Å². The molecular weight excluding hydrogens is 250 g/mol. The Hall–Kier alpha value is -1.88. The molecule has 1 saturated heterocycles. The van der Waals surface area contributed by atoms with Gasteiger partial charge in [0.05, 0.1) is 6.54 Å². The van der Waals surface area contributed by atoms with Crippen molar-refractivity contribution in [1.29, 1.82) is 0 Å². The highest BCUT2D eigenvalue weighted by Gasteiger charge is 2.11. The Morgan fingerprint density at radius 1 is 1.30 bits per heavy atom. The third-order valence-corrected chi connectivity index (χ3v) is 3.68. The van der Waals surface area contributed by atoms with Gasteiger partial charge >= 0.3 is 0 Å². The Morgan fingerprint density at radius 3 is 3.20 bits per heavy atom. The lowest BCUT2D eigenvalue weighted by Crippen LogP contribution is -2.21. The van der Waals surface area contributed by atoms with E-state index in [0.717, 1.165) is 19.6 Å². The van der Waals surface area contributed by atoms with Gasteiger partial charge in [0.25, 0.3) is 0 Å². The van der Waals surface area contributed by atoms with Crippen molar-refractivity contribution in [3.05, 3.63) is 42.5 Å². The third-order valence-electron chi connectivity index (χ3n) is 3.68. The van der Waals surface area contributed by atoms with Crippen LogP contribution in [0, 0.1) is 0 Å². The number of benzene rings is 1. The molecule has 1 fully saturated rings. The van der Waals surface area contributed by atoms with Crippen molar-refractivity contribution in [1.82, 2.24) is 20.1 Å². The van der Waals surface area contributed by atoms with E-state index in [2.05, 4.69) is 45.0 Å². The maximum atomic E-state index is 4.15. The zero-order valence-corrected chi connectivity index (χ0v) is 11.6. The van der Waals surface area contributed by atoms with Gasteiger partial charge in [0, 0.05) is 11.7 Å². The van der Waals surface area contributed by atoms with E-state index < -0.39 is 0 Å². The fourth-order valence-corrected chi connectivity index (χ4v) is 2.66. The number of nitrogens with zero attached hydrogens (tertiary/aromatic N) is 3. The van der Waals surface area contributed by atoms with E-state index in [1.807, 2.05) is 4.68 Å². The van der Waals surface area contributed by atoms with Crippen molar-refractivity contribution in [2.75, 3.05) is 18.4 Å². The first kappa shape index (κ1) is 13.1. The van der Waals surface area contributed by atoms with E-state index in [4.69, 9.17) is 0 Å². The molecule has 0 bridgehead atoms. The quantitative estimate of drug-likeness (QED) is 0.891. The van der Waals surface area contributed by atoms with Gasteiger partial charge in [0.1, 0.15) is 12.7 Å². The lowest BCUT2D eigenvalue weighted by Gasteiger charge is -2.18. The van der Waals surface area contributed by atoms with Crippen LogP contribution < -0.4 is 10.6 Å². The highest BCUT2D eigenvalue weighted by atomic mass is 15.3. The molecule has 20 heavy (non-hydrogen) atoms. The fraction of sp³-hybridized carbons (Fsp3) is 0.467. The molecule has 0 amide bonds. The molecule has 2 heterocycles. The zero-order valence-electron chi connectivity index (χ0n) is 11.6. The van der Waals surface area contributed by atoms with Crippen LogP contribution in [0.5, 0.6) is 0 Å². The van der Waals surface area contributed by atoms with Crippen LogP contribution >= 0.6 is 0 Å². The summed E-state index contributed by atoms with van der Waals surface area (Å²) in [5, 5.41) is 11.2. The Bertz CT molecular complexity index is 515. The number of hydrogen-bond acceptors (Lipinski definition) is 4. The second kappa shape index (κ2) is 6.52. The molecule has 5 nitrogen and oxygen atoms in total. The van der Waals surface area contributed by atoms with Crippen molar-refractivity contribution >= 4 is 5.69 Å². The summed E-state index contributed by atoms with van der Waals surface area (Å²) in [4.78, 5) is 3.97. The fourth-order valence-electron chi connectivity index (χ4n) is 2.66. The number of anilines is 1. The van der Waals surface area contributed by atoms with Gasteiger partial charge in [-0.15, -0.1) is 0 Å². The lowest BCUT2D eigenvalue weighted by atomic mass is 10.1. The highest BCUT2D eigenvalue weighted by molar-refractivity contribution is 5.46. The smallest absolute Gasteiger partial charge is 0.137 e. The minimum atomic E-state index is 0.576. The molecule has 2 aromatic rings. The van der Waals surface area contributed by atoms with Gasteiger partial charge in [-0.05, 0) is 50.0 Å². The Balaban J connectivity index is 1.64. The van der Waals surface area contributed by atoms with Crippen molar-refractivity contribution in [2.45, 2.75) is 31.8 Å². The molecule has 106 valence electrons. The molecule has 0 saturated carbocycles. The summed E-state index contributed by atoms with van der Waals surface area (Å²) in [5.41, 5.74) is 2.45. The summed E-state index contributed by atoms with van der Waals surface area (Å²) < 4.78 is 1.84. The molecule has 1 aromatic heterocycles. The van der Waals surface area contributed by atoms with E-state index in [1.54, 1.807) is 12.7 Å². The van der Waals surface area contributed by atoms with Crippen molar-refractivity contribution in [3.8, 4) is 0 Å². The van der Waals surface area contributed by atoms with E-state index in [-0.39, 0.29) is 0 Å². The van der Waals surface area contributed by atoms with Gasteiger partial charge in [0.2, 0.25) is 0 Å². The van der Waals surface area contributed by atoms with Crippen LogP contribution in [0.1, 0.15) is 24.8 Å². The summed E-state index contributed by atoms with van der Waals surface area (Å²) in [5.74, 6) is 0. The summed E-state index contributed by atoms with van der Waals surface area (Å²) in [6.45, 7) is 3.02. The average Bonchev–Trinajstić information content (AvgIpc) is 2.82. The van der Waals surface area contributed by atoms with Gasteiger partial charge in [-0.25, -0.2) is 9.67 Å². The minimum absolute atomic E-state index is 0.576. The number of aromatic nitrogens is 3. The SMILES string of the molecule is c1cc(Cn2cncn2)cc(NC2CCCNCC2)c1. The van der Waals surface area contributed by atoms with E-state index in [9.17, 15) is 0 Å². The monoisotopic (exact) mass is 271 g/mol. The number of nitrogens with one attached hydrogen (secondary N) is 2. The molecule has 2 N–H and O–H groups in total. The van der Waals surface area contributed by atoms with Crippen LogP contribution in [0.25, 0.3) is 0 Å². The molecule has 1 atom stereocenters. The molecule has 1 aromatic carbocycles. The normalized spacial score (nSPS) is 19.5. The molecule has 5 heteroatoms. The zero-order chi connectivity index (χ0) is 13.6. The standard InChI is InChI=1S/C15H21N5/c1-3-13(10-20-12-17-11-18-20)9-15(4-1)19-14-5-2-7-16-8-6-14/h1,3-4,9,11-12,14,16,19H,2,5-8,10H2. The van der Waals surface area contributed by atoms with Gasteiger partial charge in [0.15, 0.2) is 0 Å². The van der Waals surface area contributed by atoms with Gasteiger partial charge < -0.3 is 10.6 Å². The maximum absolute atomic E-state index is 4.15. The Morgan fingerprint density at radius 2 is 2.30 bits per heavy atom. The topological polar surface area (TPSA) is 54.8 Å². The first-order valence-corrected chi connectivity index (χ1v) is 7.29. The number of hydrogen-bond donors (Lipinski definition) is 2. The summed E-state index contributed by atoms with van der Waals surface area (Å²) in [6.07, 6.45) is 6.99. The average molecular weight is 271 g/mol. The van der Waals surface area contributed by atoms with E-state index in [1.165, 1.54) is 30.5 Å². The molecule has 0 spiro atoms. The van der Waals surface area contributed by atoms with Crippen molar-refractivity contribution < 1.29 is 0 Å². The Labute approximate surface area is 119 Å². The summed E-state index contributed by atoms with van der Waals surface area (Å²) >= 11 is 0. The molecule has 1 aliphatic rings. The van der Waals surface area contributed by atoms with Crippen molar-refractivity contribution in [3.63, 3.8) is 0 Å². The predicted molar refractivity (Wildman–Crippen MR) is 79.7 cm³/mol. The number of rotatable bonds is 4. The van der Waals surface area contributed by atoms with Crippen LogP contribution in [0.2, 0.25) is 0 Å². The second-order valence-corrected chi connectivity index (χ2v) is 5.32. The van der Waals surface area contributed by atoms with E-state index in [0.29, 0.717) is 6.04 Å². The Kier molecular flexibility index (Phi) is 4.28. The van der Waals surface area contributed by atoms with Crippen LogP contribution in [0.3, 0.4) is 0 Å². The van der Waals surface area contributed by atoms with E-state index >= 15 is 0 Å². The second-order valence-electron chi connectivity index (χ2n) is 5.32. The van der Waals surface area contributed by atoms with Gasteiger partial charge in [-0.1, -0.05) is 12.1 Å². The third kappa shape index (κ3) is 3.57. The molecule has 3 rings (SSSR count). The minimum Gasteiger partial charge on any atom is -0.382 e. The molecule has 0 aliphatic carbocycles. The summed E-state index contributed by atoms with van der Waals surface area (Å²) in [6, 6.07) is 9.15. The predicted octanol–water partition coefficient (Wildman–Crippen LogP) is 1.88.